The zero-order valence-corrected chi connectivity index (χ0v) is 9.02. The van der Waals surface area contributed by atoms with Crippen molar-refractivity contribution in [3.63, 3.8) is 0 Å². The molecule has 1 N–H and O–H groups in total. The van der Waals surface area contributed by atoms with E-state index in [2.05, 4.69) is 15.2 Å². The van der Waals surface area contributed by atoms with Crippen LogP contribution in [0.15, 0.2) is 11.2 Å². The summed E-state index contributed by atoms with van der Waals surface area (Å²) in [5.41, 5.74) is 2.15. The molecule has 0 radical (unpaired) electrons. The molecule has 2 aromatic heterocycles. The minimum Gasteiger partial charge on any atom is -0.411 e. The first kappa shape index (κ1) is 9.92. The van der Waals surface area contributed by atoms with Gasteiger partial charge < -0.3 is 5.21 Å². The van der Waals surface area contributed by atoms with Crippen molar-refractivity contribution < 1.29 is 5.21 Å². The predicted octanol–water partition coefficient (Wildman–Crippen LogP) is 1.74. The molecule has 5 nitrogen and oxygen atoms in total. The van der Waals surface area contributed by atoms with Gasteiger partial charge in [0.1, 0.15) is 5.15 Å². The molecular formula is C9H9ClN4O. The van der Waals surface area contributed by atoms with Crippen LogP contribution in [0.3, 0.4) is 0 Å². The molecule has 0 bridgehead atoms. The number of fused-ring (bicyclic) bond motifs is 1. The van der Waals surface area contributed by atoms with Crippen LogP contribution in [-0.4, -0.2) is 26.2 Å². The Hall–Kier alpha value is -1.62. The van der Waals surface area contributed by atoms with Gasteiger partial charge in [0.2, 0.25) is 0 Å². The molecule has 0 unspecified atom stereocenters. The summed E-state index contributed by atoms with van der Waals surface area (Å²) in [7, 11) is 1.80. The Morgan fingerprint density at radius 1 is 1.60 bits per heavy atom. The number of oxime groups is 1. The molecule has 0 aromatic carbocycles. The smallest absolute Gasteiger partial charge is 0.159 e. The summed E-state index contributed by atoms with van der Waals surface area (Å²) in [5.74, 6) is 0. The Labute approximate surface area is 91.0 Å². The SMILES string of the molecule is Cc1nn(C)c2nc(Cl)c(/C=N/O)cc12. The molecule has 2 aromatic rings. The fourth-order valence-corrected chi connectivity index (χ4v) is 1.67. The molecule has 0 aliphatic heterocycles. The monoisotopic (exact) mass is 224 g/mol. The fraction of sp³-hybridized carbons (Fsp3) is 0.222. The van der Waals surface area contributed by atoms with Gasteiger partial charge in [0.25, 0.3) is 0 Å². The number of hydrogen-bond donors (Lipinski definition) is 1. The molecule has 0 saturated carbocycles. The van der Waals surface area contributed by atoms with Crippen molar-refractivity contribution in [1.29, 1.82) is 0 Å². The lowest BCUT2D eigenvalue weighted by atomic mass is 10.2. The fourth-order valence-electron chi connectivity index (χ4n) is 1.49. The molecule has 0 aliphatic carbocycles. The Bertz CT molecular complexity index is 547. The average Bonchev–Trinajstić information content (AvgIpc) is 2.44. The number of hydrogen-bond acceptors (Lipinski definition) is 4. The zero-order chi connectivity index (χ0) is 11.0. The third-order valence-electron chi connectivity index (χ3n) is 2.18. The first-order chi connectivity index (χ1) is 7.13. The molecule has 2 rings (SSSR count). The van der Waals surface area contributed by atoms with Gasteiger partial charge in [0, 0.05) is 18.0 Å². The highest BCUT2D eigenvalue weighted by atomic mass is 35.5. The van der Waals surface area contributed by atoms with Gasteiger partial charge in [-0.2, -0.15) is 5.10 Å². The van der Waals surface area contributed by atoms with Crippen molar-refractivity contribution in [2.75, 3.05) is 0 Å². The largest absolute Gasteiger partial charge is 0.411 e. The Kier molecular flexibility index (Phi) is 2.32. The molecule has 6 heteroatoms. The van der Waals surface area contributed by atoms with Crippen molar-refractivity contribution in [1.82, 2.24) is 14.8 Å². The summed E-state index contributed by atoms with van der Waals surface area (Å²) < 4.78 is 1.66. The number of rotatable bonds is 1. The Morgan fingerprint density at radius 2 is 2.33 bits per heavy atom. The van der Waals surface area contributed by atoms with Crippen LogP contribution < -0.4 is 0 Å². The van der Waals surface area contributed by atoms with Gasteiger partial charge in [-0.3, -0.25) is 4.68 Å². The highest BCUT2D eigenvalue weighted by Gasteiger charge is 2.09. The third kappa shape index (κ3) is 1.55. The second-order valence-electron chi connectivity index (χ2n) is 3.19. The predicted molar refractivity (Wildman–Crippen MR) is 57.6 cm³/mol. The van der Waals surface area contributed by atoms with Crippen LogP contribution in [0, 0.1) is 6.92 Å². The second kappa shape index (κ2) is 3.51. The lowest BCUT2D eigenvalue weighted by Crippen LogP contribution is -1.94. The van der Waals surface area contributed by atoms with Gasteiger partial charge in [-0.05, 0) is 13.0 Å². The molecule has 0 atom stereocenters. The zero-order valence-electron chi connectivity index (χ0n) is 8.27. The van der Waals surface area contributed by atoms with Crippen LogP contribution in [0.2, 0.25) is 5.15 Å². The average molecular weight is 225 g/mol. The van der Waals surface area contributed by atoms with E-state index in [4.69, 9.17) is 16.8 Å². The van der Waals surface area contributed by atoms with Crippen LogP contribution >= 0.6 is 11.6 Å². The van der Waals surface area contributed by atoms with Gasteiger partial charge in [-0.15, -0.1) is 0 Å². The number of halogens is 1. The molecule has 0 fully saturated rings. The Morgan fingerprint density at radius 3 is 3.00 bits per heavy atom. The molecular weight excluding hydrogens is 216 g/mol. The van der Waals surface area contributed by atoms with Crippen LogP contribution in [0.25, 0.3) is 11.0 Å². The van der Waals surface area contributed by atoms with Crippen LogP contribution in [0.5, 0.6) is 0 Å². The van der Waals surface area contributed by atoms with Gasteiger partial charge in [-0.1, -0.05) is 16.8 Å². The van der Waals surface area contributed by atoms with E-state index in [1.807, 2.05) is 6.92 Å². The quantitative estimate of drug-likeness (QED) is 0.347. The summed E-state index contributed by atoms with van der Waals surface area (Å²) in [4.78, 5) is 4.18. The van der Waals surface area contributed by atoms with Crippen LogP contribution in [-0.2, 0) is 7.05 Å². The van der Waals surface area contributed by atoms with E-state index in [1.165, 1.54) is 6.21 Å². The van der Waals surface area contributed by atoms with Gasteiger partial charge >= 0.3 is 0 Å². The van der Waals surface area contributed by atoms with E-state index in [9.17, 15) is 0 Å². The molecule has 78 valence electrons. The molecule has 0 amide bonds. The van der Waals surface area contributed by atoms with Gasteiger partial charge in [0.05, 0.1) is 11.9 Å². The van der Waals surface area contributed by atoms with E-state index in [0.29, 0.717) is 16.4 Å². The minimum absolute atomic E-state index is 0.295. The van der Waals surface area contributed by atoms with Crippen molar-refractivity contribution in [2.24, 2.45) is 12.2 Å². The third-order valence-corrected chi connectivity index (χ3v) is 2.48. The van der Waals surface area contributed by atoms with E-state index in [0.717, 1.165) is 11.1 Å². The van der Waals surface area contributed by atoms with Crippen LogP contribution in [0.1, 0.15) is 11.3 Å². The normalized spacial score (nSPS) is 11.7. The van der Waals surface area contributed by atoms with Crippen molar-refractivity contribution >= 4 is 28.8 Å². The number of nitrogens with zero attached hydrogens (tertiary/aromatic N) is 4. The van der Waals surface area contributed by atoms with Gasteiger partial charge in [-0.25, -0.2) is 4.98 Å². The summed E-state index contributed by atoms with van der Waals surface area (Å²) >= 11 is 5.91. The molecule has 0 aliphatic rings. The summed E-state index contributed by atoms with van der Waals surface area (Å²) in [5, 5.41) is 16.8. The standard InChI is InChI=1S/C9H9ClN4O/c1-5-7-3-6(4-11-15)8(10)12-9(7)14(2)13-5/h3-4,15H,1-2H3/b11-4+. The summed E-state index contributed by atoms with van der Waals surface area (Å²) in [6.45, 7) is 1.89. The first-order valence-corrected chi connectivity index (χ1v) is 4.68. The number of aromatic nitrogens is 3. The Balaban J connectivity index is 2.79. The van der Waals surface area contributed by atoms with Gasteiger partial charge in [0.15, 0.2) is 5.65 Å². The van der Waals surface area contributed by atoms with Crippen LogP contribution in [0.4, 0.5) is 0 Å². The highest BCUT2D eigenvalue weighted by molar-refractivity contribution is 6.32. The summed E-state index contributed by atoms with van der Waals surface area (Å²) in [6, 6.07) is 1.80. The number of aryl methyl sites for hydroxylation is 2. The van der Waals surface area contributed by atoms with E-state index >= 15 is 0 Å². The maximum Gasteiger partial charge on any atom is 0.159 e. The highest BCUT2D eigenvalue weighted by Crippen LogP contribution is 2.21. The second-order valence-corrected chi connectivity index (χ2v) is 3.55. The maximum absolute atomic E-state index is 8.45. The molecule has 15 heavy (non-hydrogen) atoms. The lowest BCUT2D eigenvalue weighted by Gasteiger charge is -1.98. The summed E-state index contributed by atoms with van der Waals surface area (Å²) in [6.07, 6.45) is 1.25. The molecule has 0 saturated heterocycles. The number of pyridine rings is 1. The first-order valence-electron chi connectivity index (χ1n) is 4.30. The van der Waals surface area contributed by atoms with E-state index < -0.39 is 0 Å². The van der Waals surface area contributed by atoms with Crippen molar-refractivity contribution in [3.8, 4) is 0 Å². The molecule has 0 spiro atoms. The topological polar surface area (TPSA) is 63.3 Å². The minimum atomic E-state index is 0.295. The van der Waals surface area contributed by atoms with Crippen molar-refractivity contribution in [3.05, 3.63) is 22.5 Å². The van der Waals surface area contributed by atoms with E-state index in [1.54, 1.807) is 17.8 Å². The molecule has 2 heterocycles. The lowest BCUT2D eigenvalue weighted by molar-refractivity contribution is 0.322. The van der Waals surface area contributed by atoms with Crippen molar-refractivity contribution in [2.45, 2.75) is 6.92 Å². The maximum atomic E-state index is 8.45. The van der Waals surface area contributed by atoms with E-state index in [-0.39, 0.29) is 0 Å².